The van der Waals surface area contributed by atoms with E-state index >= 15 is 0 Å². The zero-order valence-corrected chi connectivity index (χ0v) is 16.9. The summed E-state index contributed by atoms with van der Waals surface area (Å²) in [4.78, 5) is 7.79. The number of nitrogens with zero attached hydrogens (tertiary/aromatic N) is 2. The Balaban J connectivity index is 1.62. The molecule has 2 aliphatic rings. The first-order chi connectivity index (χ1) is 13.0. The van der Waals surface area contributed by atoms with Crippen LogP contribution in [-0.2, 0) is 10.4 Å². The Bertz CT molecular complexity index is 867. The van der Waals surface area contributed by atoms with Gasteiger partial charge in [0.1, 0.15) is 18.0 Å². The lowest BCUT2D eigenvalue weighted by molar-refractivity contribution is 0.129. The summed E-state index contributed by atoms with van der Waals surface area (Å²) in [5.41, 5.74) is 2.59. The van der Waals surface area contributed by atoms with Crippen LogP contribution in [0.1, 0.15) is 24.0 Å². The fourth-order valence-electron chi connectivity index (χ4n) is 3.63. The molecular weight excluding hydrogens is 383 g/mol. The van der Waals surface area contributed by atoms with Gasteiger partial charge in [0, 0.05) is 28.6 Å². The molecule has 6 heteroatoms. The van der Waals surface area contributed by atoms with Gasteiger partial charge >= 0.3 is 0 Å². The van der Waals surface area contributed by atoms with E-state index in [4.69, 9.17) is 32.8 Å². The molecule has 27 heavy (non-hydrogen) atoms. The summed E-state index contributed by atoms with van der Waals surface area (Å²) < 4.78 is 6.42. The molecule has 1 aliphatic carbocycles. The number of oxime groups is 1. The third kappa shape index (κ3) is 3.66. The summed E-state index contributed by atoms with van der Waals surface area (Å²) >= 11 is 12.3. The van der Waals surface area contributed by atoms with Crippen molar-refractivity contribution in [1.82, 2.24) is 4.90 Å². The number of halogens is 2. The van der Waals surface area contributed by atoms with Crippen LogP contribution in [-0.4, -0.2) is 37.9 Å². The van der Waals surface area contributed by atoms with Crippen LogP contribution in [0.5, 0.6) is 5.75 Å². The number of rotatable bonds is 6. The van der Waals surface area contributed by atoms with Gasteiger partial charge in [-0.2, -0.15) is 0 Å². The molecule has 1 heterocycles. The quantitative estimate of drug-likeness (QED) is 0.503. The van der Waals surface area contributed by atoms with Crippen molar-refractivity contribution < 1.29 is 9.57 Å². The molecule has 0 amide bonds. The van der Waals surface area contributed by atoms with Gasteiger partial charge in [-0.15, -0.1) is 0 Å². The lowest BCUT2D eigenvalue weighted by atomic mass is 9.96. The number of benzene rings is 2. The van der Waals surface area contributed by atoms with Crippen molar-refractivity contribution in [3.63, 3.8) is 0 Å². The first kappa shape index (κ1) is 18.6. The maximum absolute atomic E-state index is 6.42. The van der Waals surface area contributed by atoms with Gasteiger partial charge < -0.3 is 14.5 Å². The summed E-state index contributed by atoms with van der Waals surface area (Å²) in [6, 6.07) is 13.5. The predicted octanol–water partition coefficient (Wildman–Crippen LogP) is 4.97. The van der Waals surface area contributed by atoms with Crippen molar-refractivity contribution in [2.24, 2.45) is 11.1 Å². The van der Waals surface area contributed by atoms with Crippen molar-refractivity contribution in [2.75, 3.05) is 27.2 Å². The second-order valence-corrected chi connectivity index (χ2v) is 8.24. The van der Waals surface area contributed by atoms with Gasteiger partial charge in [-0.3, -0.25) is 0 Å². The maximum atomic E-state index is 6.42. The van der Waals surface area contributed by atoms with Crippen molar-refractivity contribution in [3.05, 3.63) is 63.6 Å². The number of hydrogen-bond acceptors (Lipinski definition) is 4. The van der Waals surface area contributed by atoms with Crippen molar-refractivity contribution in [3.8, 4) is 5.75 Å². The molecule has 1 aliphatic heterocycles. The minimum Gasteiger partial charge on any atom is -0.481 e. The maximum Gasteiger partial charge on any atom is 0.143 e. The molecule has 0 bridgehead atoms. The summed E-state index contributed by atoms with van der Waals surface area (Å²) in [7, 11) is 4.10. The summed E-state index contributed by atoms with van der Waals surface area (Å²) in [6.45, 7) is 1.56. The van der Waals surface area contributed by atoms with Crippen LogP contribution in [0.15, 0.2) is 47.6 Å². The zero-order chi connectivity index (χ0) is 19.0. The smallest absolute Gasteiger partial charge is 0.143 e. The molecule has 0 radical (unpaired) electrons. The summed E-state index contributed by atoms with van der Waals surface area (Å²) in [5.74, 6) is 0.919. The Kier molecular flexibility index (Phi) is 5.06. The monoisotopic (exact) mass is 404 g/mol. The number of fused-ring (bicyclic) bond motifs is 2. The van der Waals surface area contributed by atoms with Gasteiger partial charge in [0.25, 0.3) is 0 Å². The highest BCUT2D eigenvalue weighted by Crippen LogP contribution is 2.60. The van der Waals surface area contributed by atoms with E-state index in [1.807, 2.05) is 42.5 Å². The van der Waals surface area contributed by atoms with Gasteiger partial charge in [-0.05, 0) is 56.4 Å². The average molecular weight is 405 g/mol. The molecule has 142 valence electrons. The fourth-order valence-corrected chi connectivity index (χ4v) is 3.92. The topological polar surface area (TPSA) is 34.1 Å². The van der Waals surface area contributed by atoms with Gasteiger partial charge in [0.05, 0.1) is 11.6 Å². The summed E-state index contributed by atoms with van der Waals surface area (Å²) in [5, 5.41) is 5.87. The highest BCUT2D eigenvalue weighted by atomic mass is 35.5. The highest BCUT2D eigenvalue weighted by Gasteiger charge is 2.64. The van der Waals surface area contributed by atoms with E-state index in [2.05, 4.69) is 24.2 Å². The molecule has 2 atom stereocenters. The van der Waals surface area contributed by atoms with E-state index in [1.54, 1.807) is 0 Å². The second kappa shape index (κ2) is 7.34. The Hall–Kier alpha value is -1.75. The standard InChI is InChI=1S/C21H22Cl2N2O2/c1-25(2)10-3-11-26-24-20-17-9-8-16(23)12-19(17)27-21(13-18(20)21)14-4-6-15(22)7-5-14/h4-9,12,18H,3,10-11,13H2,1-2H3. The third-order valence-corrected chi connectivity index (χ3v) is 5.58. The van der Waals surface area contributed by atoms with Crippen LogP contribution in [0.4, 0.5) is 0 Å². The lowest BCUT2D eigenvalue weighted by Gasteiger charge is -2.27. The van der Waals surface area contributed by atoms with Crippen LogP contribution in [0, 0.1) is 5.92 Å². The molecule has 4 rings (SSSR count). The molecule has 1 fully saturated rings. The third-order valence-electron chi connectivity index (χ3n) is 5.09. The molecule has 1 saturated carbocycles. The molecule has 0 spiro atoms. The van der Waals surface area contributed by atoms with Crippen LogP contribution >= 0.6 is 23.2 Å². The molecule has 0 aromatic heterocycles. The lowest BCUT2D eigenvalue weighted by Crippen LogP contribution is -2.28. The average Bonchev–Trinajstić information content (AvgIpc) is 3.36. The Morgan fingerprint density at radius 2 is 1.89 bits per heavy atom. The van der Waals surface area contributed by atoms with Gasteiger partial charge in [0.15, 0.2) is 0 Å². The van der Waals surface area contributed by atoms with Crippen LogP contribution in [0.2, 0.25) is 10.0 Å². The van der Waals surface area contributed by atoms with E-state index < -0.39 is 5.60 Å². The summed E-state index contributed by atoms with van der Waals surface area (Å²) in [6.07, 6.45) is 1.79. The van der Waals surface area contributed by atoms with E-state index in [0.29, 0.717) is 16.7 Å². The van der Waals surface area contributed by atoms with E-state index in [9.17, 15) is 0 Å². The van der Waals surface area contributed by atoms with Crippen molar-refractivity contribution >= 4 is 28.9 Å². The predicted molar refractivity (Wildman–Crippen MR) is 109 cm³/mol. The molecule has 0 saturated heterocycles. The van der Waals surface area contributed by atoms with E-state index in [0.717, 1.165) is 42.0 Å². The van der Waals surface area contributed by atoms with E-state index in [-0.39, 0.29) is 5.92 Å². The molecule has 4 nitrogen and oxygen atoms in total. The molecule has 2 unspecified atom stereocenters. The van der Waals surface area contributed by atoms with Crippen LogP contribution in [0.25, 0.3) is 0 Å². The SMILES string of the molecule is CN(C)CCCON=C1c2ccc(Cl)cc2OC2(c3ccc(Cl)cc3)CC12. The minimum absolute atomic E-state index is 0.168. The largest absolute Gasteiger partial charge is 0.481 e. The van der Waals surface area contributed by atoms with Crippen LogP contribution < -0.4 is 4.74 Å². The molecular formula is C21H22Cl2N2O2. The molecule has 2 aromatic carbocycles. The highest BCUT2D eigenvalue weighted by molar-refractivity contribution is 6.31. The molecule has 0 N–H and O–H groups in total. The van der Waals surface area contributed by atoms with E-state index in [1.165, 1.54) is 0 Å². The minimum atomic E-state index is -0.409. The van der Waals surface area contributed by atoms with Gasteiger partial charge in [-0.25, -0.2) is 0 Å². The fraction of sp³-hybridized carbons (Fsp3) is 0.381. The van der Waals surface area contributed by atoms with Crippen LogP contribution in [0.3, 0.4) is 0 Å². The first-order valence-electron chi connectivity index (χ1n) is 9.09. The number of hydrogen-bond donors (Lipinski definition) is 0. The Morgan fingerprint density at radius 1 is 1.15 bits per heavy atom. The zero-order valence-electron chi connectivity index (χ0n) is 15.4. The Labute approximate surface area is 169 Å². The van der Waals surface area contributed by atoms with Gasteiger partial charge in [0.2, 0.25) is 0 Å². The van der Waals surface area contributed by atoms with Gasteiger partial charge in [-0.1, -0.05) is 40.5 Å². The number of ether oxygens (including phenoxy) is 1. The van der Waals surface area contributed by atoms with Crippen molar-refractivity contribution in [1.29, 1.82) is 0 Å². The Morgan fingerprint density at radius 3 is 2.63 bits per heavy atom. The normalized spacial score (nSPS) is 24.3. The second-order valence-electron chi connectivity index (χ2n) is 7.36. The first-order valence-corrected chi connectivity index (χ1v) is 9.85. The molecule has 2 aromatic rings. The van der Waals surface area contributed by atoms with Crippen molar-refractivity contribution in [2.45, 2.75) is 18.4 Å².